The lowest BCUT2D eigenvalue weighted by Crippen LogP contribution is -2.49. The third-order valence-electron chi connectivity index (χ3n) is 3.88. The molecule has 0 saturated heterocycles. The lowest BCUT2D eigenvalue weighted by atomic mass is 9.98. The monoisotopic (exact) mass is 310 g/mol. The molecule has 0 unspecified atom stereocenters. The SMILES string of the molecule is O=C(CCCNC(=O)c1cccs1)NC1(CO)CCCC1. The number of hydrogen-bond acceptors (Lipinski definition) is 4. The van der Waals surface area contributed by atoms with Crippen LogP contribution < -0.4 is 10.6 Å². The Morgan fingerprint density at radius 2 is 2.10 bits per heavy atom. The average molecular weight is 310 g/mol. The molecule has 1 saturated carbocycles. The molecule has 1 aromatic heterocycles. The van der Waals surface area contributed by atoms with Gasteiger partial charge in [-0.2, -0.15) is 0 Å². The number of aliphatic hydroxyl groups excluding tert-OH is 1. The van der Waals surface area contributed by atoms with Crippen LogP contribution in [0.5, 0.6) is 0 Å². The lowest BCUT2D eigenvalue weighted by Gasteiger charge is -2.28. The number of hydrogen-bond donors (Lipinski definition) is 3. The van der Waals surface area contributed by atoms with E-state index in [4.69, 9.17) is 0 Å². The van der Waals surface area contributed by atoms with Gasteiger partial charge in [0.1, 0.15) is 0 Å². The van der Waals surface area contributed by atoms with Gasteiger partial charge in [-0.15, -0.1) is 11.3 Å². The van der Waals surface area contributed by atoms with Crippen molar-refractivity contribution >= 4 is 23.2 Å². The van der Waals surface area contributed by atoms with Crippen LogP contribution >= 0.6 is 11.3 Å². The Morgan fingerprint density at radius 3 is 2.71 bits per heavy atom. The predicted octanol–water partition coefficient (Wildman–Crippen LogP) is 1.68. The standard InChI is InChI=1S/C15H22N2O3S/c18-11-15(7-1-2-8-15)17-13(19)6-3-9-16-14(20)12-5-4-10-21-12/h4-5,10,18H,1-3,6-9,11H2,(H,16,20)(H,17,19). The van der Waals surface area contributed by atoms with Crippen molar-refractivity contribution in [1.29, 1.82) is 0 Å². The minimum absolute atomic E-state index is 0.00779. The Hall–Kier alpha value is -1.40. The second kappa shape index (κ2) is 7.56. The third kappa shape index (κ3) is 4.54. The summed E-state index contributed by atoms with van der Waals surface area (Å²) in [7, 11) is 0. The first-order chi connectivity index (χ1) is 10.2. The summed E-state index contributed by atoms with van der Waals surface area (Å²) < 4.78 is 0. The van der Waals surface area contributed by atoms with Gasteiger partial charge in [0.25, 0.3) is 5.91 Å². The van der Waals surface area contributed by atoms with E-state index in [1.807, 2.05) is 11.4 Å². The summed E-state index contributed by atoms with van der Waals surface area (Å²) in [5, 5.41) is 17.1. The lowest BCUT2D eigenvalue weighted by molar-refractivity contribution is -0.123. The minimum atomic E-state index is -0.405. The fraction of sp³-hybridized carbons (Fsp3) is 0.600. The molecule has 21 heavy (non-hydrogen) atoms. The Kier molecular flexibility index (Phi) is 5.76. The number of rotatable bonds is 7. The smallest absolute Gasteiger partial charge is 0.261 e. The Labute approximate surface area is 128 Å². The van der Waals surface area contributed by atoms with E-state index in [2.05, 4.69) is 10.6 Å². The highest BCUT2D eigenvalue weighted by Crippen LogP contribution is 2.29. The zero-order valence-corrected chi connectivity index (χ0v) is 12.9. The highest BCUT2D eigenvalue weighted by atomic mass is 32.1. The number of carbonyl (C=O) groups excluding carboxylic acids is 2. The van der Waals surface area contributed by atoms with Crippen molar-refractivity contribution in [2.45, 2.75) is 44.1 Å². The number of nitrogens with one attached hydrogen (secondary N) is 2. The molecule has 116 valence electrons. The molecule has 1 aromatic rings. The Morgan fingerprint density at radius 1 is 1.33 bits per heavy atom. The van der Waals surface area contributed by atoms with E-state index >= 15 is 0 Å². The van der Waals surface area contributed by atoms with Crippen LogP contribution in [0.3, 0.4) is 0 Å². The zero-order valence-electron chi connectivity index (χ0n) is 12.1. The van der Waals surface area contributed by atoms with E-state index in [1.165, 1.54) is 11.3 Å². The maximum Gasteiger partial charge on any atom is 0.261 e. The molecule has 1 fully saturated rings. The average Bonchev–Trinajstić information content (AvgIpc) is 3.15. The van der Waals surface area contributed by atoms with E-state index in [1.54, 1.807) is 6.07 Å². The van der Waals surface area contributed by atoms with Crippen LogP contribution in [0.25, 0.3) is 0 Å². The molecule has 2 amide bonds. The van der Waals surface area contributed by atoms with E-state index in [-0.39, 0.29) is 18.4 Å². The number of thiophene rings is 1. The molecular weight excluding hydrogens is 288 g/mol. The first-order valence-electron chi connectivity index (χ1n) is 7.39. The van der Waals surface area contributed by atoms with Gasteiger partial charge in [-0.1, -0.05) is 18.9 Å². The van der Waals surface area contributed by atoms with Crippen LogP contribution in [0.4, 0.5) is 0 Å². The van der Waals surface area contributed by atoms with Crippen molar-refractivity contribution in [1.82, 2.24) is 10.6 Å². The molecule has 6 heteroatoms. The van der Waals surface area contributed by atoms with Gasteiger partial charge in [-0.3, -0.25) is 9.59 Å². The summed E-state index contributed by atoms with van der Waals surface area (Å²) in [5.74, 6) is -0.135. The van der Waals surface area contributed by atoms with Crippen LogP contribution in [0.1, 0.15) is 48.2 Å². The molecule has 2 rings (SSSR count). The summed E-state index contributed by atoms with van der Waals surface area (Å²) >= 11 is 1.40. The molecule has 0 aromatic carbocycles. The van der Waals surface area contributed by atoms with E-state index in [0.717, 1.165) is 25.7 Å². The van der Waals surface area contributed by atoms with Gasteiger partial charge < -0.3 is 15.7 Å². The molecule has 3 N–H and O–H groups in total. The maximum atomic E-state index is 11.9. The quantitative estimate of drug-likeness (QED) is 0.671. The van der Waals surface area contributed by atoms with Crippen LogP contribution in [-0.2, 0) is 4.79 Å². The van der Waals surface area contributed by atoms with Gasteiger partial charge in [0.2, 0.25) is 5.91 Å². The van der Waals surface area contributed by atoms with E-state index in [0.29, 0.717) is 24.3 Å². The van der Waals surface area contributed by atoms with Crippen LogP contribution in [0.2, 0.25) is 0 Å². The van der Waals surface area contributed by atoms with Crippen LogP contribution in [0, 0.1) is 0 Å². The largest absolute Gasteiger partial charge is 0.394 e. The molecule has 0 spiro atoms. The topological polar surface area (TPSA) is 78.4 Å². The van der Waals surface area contributed by atoms with Crippen molar-refractivity contribution in [3.05, 3.63) is 22.4 Å². The molecule has 1 aliphatic carbocycles. The molecule has 0 bridgehead atoms. The van der Waals surface area contributed by atoms with Crippen LogP contribution in [-0.4, -0.2) is 35.6 Å². The summed E-state index contributed by atoms with van der Waals surface area (Å²) in [6.45, 7) is 0.490. The maximum absolute atomic E-state index is 11.9. The van der Waals surface area contributed by atoms with Crippen molar-refractivity contribution in [3.8, 4) is 0 Å². The van der Waals surface area contributed by atoms with Gasteiger partial charge in [-0.25, -0.2) is 0 Å². The fourth-order valence-electron chi connectivity index (χ4n) is 2.68. The van der Waals surface area contributed by atoms with Crippen molar-refractivity contribution in [3.63, 3.8) is 0 Å². The van der Waals surface area contributed by atoms with Crippen LogP contribution in [0.15, 0.2) is 17.5 Å². The summed E-state index contributed by atoms with van der Waals surface area (Å²) in [4.78, 5) is 24.3. The summed E-state index contributed by atoms with van der Waals surface area (Å²) in [6.07, 6.45) is 4.78. The van der Waals surface area contributed by atoms with Gasteiger partial charge in [0, 0.05) is 13.0 Å². The Balaban J connectivity index is 1.64. The first-order valence-corrected chi connectivity index (χ1v) is 8.27. The number of carbonyl (C=O) groups is 2. The second-order valence-electron chi connectivity index (χ2n) is 5.53. The highest BCUT2D eigenvalue weighted by Gasteiger charge is 2.34. The number of amides is 2. The normalized spacial score (nSPS) is 16.6. The third-order valence-corrected chi connectivity index (χ3v) is 4.75. The van der Waals surface area contributed by atoms with Crippen molar-refractivity contribution in [2.75, 3.05) is 13.2 Å². The Bertz CT molecular complexity index is 467. The molecule has 5 nitrogen and oxygen atoms in total. The first kappa shape index (κ1) is 16.0. The zero-order chi connectivity index (χ0) is 15.1. The highest BCUT2D eigenvalue weighted by molar-refractivity contribution is 7.12. The molecule has 1 aliphatic rings. The summed E-state index contributed by atoms with van der Waals surface area (Å²) in [6, 6.07) is 3.61. The van der Waals surface area contributed by atoms with Gasteiger partial charge in [0.05, 0.1) is 17.0 Å². The van der Waals surface area contributed by atoms with E-state index in [9.17, 15) is 14.7 Å². The molecule has 0 atom stereocenters. The van der Waals surface area contributed by atoms with Crippen molar-refractivity contribution in [2.24, 2.45) is 0 Å². The van der Waals surface area contributed by atoms with Gasteiger partial charge in [-0.05, 0) is 30.7 Å². The molecule has 0 radical (unpaired) electrons. The van der Waals surface area contributed by atoms with Gasteiger partial charge >= 0.3 is 0 Å². The van der Waals surface area contributed by atoms with E-state index < -0.39 is 5.54 Å². The van der Waals surface area contributed by atoms with Crippen molar-refractivity contribution < 1.29 is 14.7 Å². The molecule has 1 heterocycles. The van der Waals surface area contributed by atoms with Gasteiger partial charge in [0.15, 0.2) is 0 Å². The number of aliphatic hydroxyl groups is 1. The fourth-order valence-corrected chi connectivity index (χ4v) is 3.32. The summed E-state index contributed by atoms with van der Waals surface area (Å²) in [5.41, 5.74) is -0.405. The molecular formula is C15H22N2O3S. The second-order valence-corrected chi connectivity index (χ2v) is 6.48. The minimum Gasteiger partial charge on any atom is -0.394 e. The molecule has 0 aliphatic heterocycles. The predicted molar refractivity (Wildman–Crippen MR) is 82.3 cm³/mol.